The zero-order valence-electron chi connectivity index (χ0n) is 23.1. The number of benzene rings is 3. The van der Waals surface area contributed by atoms with Gasteiger partial charge >= 0.3 is 19.2 Å². The number of nitrogens with zero attached hydrogens (tertiary/aromatic N) is 1. The predicted octanol–water partition coefficient (Wildman–Crippen LogP) is 7.29. The molecule has 1 heterocycles. The number of hydrogen-bond donors (Lipinski definition) is 2. The maximum absolute atomic E-state index is 14.1. The summed E-state index contributed by atoms with van der Waals surface area (Å²) in [6, 6.07) is 25.1. The third-order valence-electron chi connectivity index (χ3n) is 6.78. The van der Waals surface area contributed by atoms with Gasteiger partial charge in [-0.15, -0.1) is 4.52 Å². The zero-order chi connectivity index (χ0) is 29.7. The van der Waals surface area contributed by atoms with Gasteiger partial charge in [-0.3, -0.25) is 4.98 Å². The van der Waals surface area contributed by atoms with Crippen LogP contribution in [0.4, 0.5) is 4.39 Å². The molecule has 4 rings (SSSR count). The van der Waals surface area contributed by atoms with Gasteiger partial charge in [-0.1, -0.05) is 92.6 Å². The van der Waals surface area contributed by atoms with Crippen LogP contribution in [0.15, 0.2) is 84.9 Å². The lowest BCUT2D eigenvalue weighted by Crippen LogP contribution is -2.44. The number of aromatic nitrogens is 1. The van der Waals surface area contributed by atoms with Crippen LogP contribution in [0.2, 0.25) is 0 Å². The number of rotatable bonds is 8. The monoisotopic (exact) mass is 570 g/mol. The average Bonchev–Trinajstić information content (AvgIpc) is 2.97. The van der Waals surface area contributed by atoms with Gasteiger partial charge in [0.05, 0.1) is 24.1 Å². The first-order valence-corrected chi connectivity index (χ1v) is 14.2. The molecule has 0 aliphatic rings. The van der Waals surface area contributed by atoms with E-state index >= 15 is 0 Å². The number of carboxylic acid groups (broad SMARTS) is 1. The second-order valence-electron chi connectivity index (χ2n) is 9.80. The summed E-state index contributed by atoms with van der Waals surface area (Å²) in [7, 11) is -1.83. The Labute approximate surface area is 239 Å². The average molecular weight is 571 g/mol. The number of hydrogen-bond acceptors (Lipinski definition) is 5. The highest BCUT2D eigenvalue weighted by molar-refractivity contribution is 7.43. The summed E-state index contributed by atoms with van der Waals surface area (Å²) < 4.78 is 31.9. The van der Waals surface area contributed by atoms with Crippen molar-refractivity contribution in [2.24, 2.45) is 0 Å². The molecule has 4 aromatic rings. The van der Waals surface area contributed by atoms with Gasteiger partial charge in [0.2, 0.25) is 0 Å². The van der Waals surface area contributed by atoms with Crippen LogP contribution < -0.4 is 0 Å². The number of aliphatic carboxylic acids is 1. The normalized spacial score (nSPS) is 13.6. The van der Waals surface area contributed by atoms with Gasteiger partial charge in [0, 0.05) is 16.7 Å². The molecule has 0 spiro atoms. The minimum absolute atomic E-state index is 0.173. The Morgan fingerprint density at radius 3 is 1.93 bits per heavy atom. The van der Waals surface area contributed by atoms with E-state index < -0.39 is 31.1 Å². The van der Waals surface area contributed by atoms with E-state index in [2.05, 4.69) is 11.8 Å². The number of carboxylic acids is 1. The maximum Gasteiger partial charge on any atom is 0.542 e. The molecule has 2 N–H and O–H groups in total. The lowest BCUT2D eigenvalue weighted by molar-refractivity contribution is -0.141. The van der Waals surface area contributed by atoms with Crippen molar-refractivity contribution in [3.8, 4) is 45.4 Å². The summed E-state index contributed by atoms with van der Waals surface area (Å²) in [6.07, 6.45) is -1.63. The van der Waals surface area contributed by atoms with Gasteiger partial charge in [-0.25, -0.2) is 9.18 Å². The standard InChI is InChI=1S/C33H29FNO5P/c1-21(2)30-27(19-20-33(22(3)36,32(37)38)41(39)40-4)28(24-15-17-26(34)18-16-24)29(23-11-7-5-8-12-23)31(35-30)25-13-9-6-10-14-25/h5-18,21-22,36H,1-4H3/p+1. The lowest BCUT2D eigenvalue weighted by atomic mass is 9.85. The number of aliphatic hydroxyl groups is 1. The van der Waals surface area contributed by atoms with E-state index in [1.54, 1.807) is 12.1 Å². The van der Waals surface area contributed by atoms with E-state index in [0.717, 1.165) is 18.2 Å². The van der Waals surface area contributed by atoms with Crippen LogP contribution in [0.3, 0.4) is 0 Å². The van der Waals surface area contributed by atoms with Crippen molar-refractivity contribution in [3.63, 3.8) is 0 Å². The van der Waals surface area contributed by atoms with Crippen molar-refractivity contribution in [1.29, 1.82) is 0 Å². The first-order chi connectivity index (χ1) is 19.6. The fraction of sp³-hybridized carbons (Fsp3) is 0.212. The van der Waals surface area contributed by atoms with Gasteiger partial charge in [0.25, 0.3) is 0 Å². The third-order valence-corrected chi connectivity index (χ3v) is 8.36. The van der Waals surface area contributed by atoms with Crippen LogP contribution in [0.5, 0.6) is 0 Å². The fourth-order valence-corrected chi connectivity index (χ4v) is 5.56. The first kappa shape index (κ1) is 29.8. The Bertz CT molecular complexity index is 1630. The maximum atomic E-state index is 14.1. The summed E-state index contributed by atoms with van der Waals surface area (Å²) in [5.41, 5.74) is 5.24. The molecule has 3 unspecified atom stereocenters. The second kappa shape index (κ2) is 12.5. The molecule has 0 bridgehead atoms. The van der Waals surface area contributed by atoms with E-state index in [0.29, 0.717) is 33.6 Å². The summed E-state index contributed by atoms with van der Waals surface area (Å²) in [5, 5.41) is 18.2. The number of carbonyl (C=O) groups is 1. The van der Waals surface area contributed by atoms with Gasteiger partial charge in [0.15, 0.2) is 0 Å². The van der Waals surface area contributed by atoms with Crippen LogP contribution in [0.1, 0.15) is 37.9 Å². The van der Waals surface area contributed by atoms with Crippen molar-refractivity contribution in [1.82, 2.24) is 4.98 Å². The lowest BCUT2D eigenvalue weighted by Gasteiger charge is -2.22. The minimum Gasteiger partial charge on any atom is -0.477 e. The Morgan fingerprint density at radius 2 is 1.44 bits per heavy atom. The fourth-order valence-electron chi connectivity index (χ4n) is 4.66. The molecule has 0 amide bonds. The van der Waals surface area contributed by atoms with Gasteiger partial charge in [-0.2, -0.15) is 0 Å². The third kappa shape index (κ3) is 5.82. The van der Waals surface area contributed by atoms with E-state index in [4.69, 9.17) is 9.51 Å². The van der Waals surface area contributed by atoms with Crippen molar-refractivity contribution in [2.45, 2.75) is 37.9 Å². The highest BCUT2D eigenvalue weighted by atomic mass is 31.1. The summed E-state index contributed by atoms with van der Waals surface area (Å²) >= 11 is 0. The molecule has 208 valence electrons. The molecule has 8 heteroatoms. The molecule has 6 nitrogen and oxygen atoms in total. The van der Waals surface area contributed by atoms with E-state index in [1.807, 2.05) is 74.5 Å². The molecule has 3 atom stereocenters. The van der Waals surface area contributed by atoms with Crippen LogP contribution in [0.25, 0.3) is 33.5 Å². The smallest absolute Gasteiger partial charge is 0.477 e. The van der Waals surface area contributed by atoms with Crippen LogP contribution in [0, 0.1) is 17.7 Å². The Morgan fingerprint density at radius 1 is 0.902 bits per heavy atom. The molecule has 0 aliphatic carbocycles. The zero-order valence-corrected chi connectivity index (χ0v) is 24.0. The molecule has 3 aromatic carbocycles. The molecule has 0 radical (unpaired) electrons. The molecular weight excluding hydrogens is 540 g/mol. The molecule has 1 aromatic heterocycles. The topological polar surface area (TPSA) is 96.7 Å². The van der Waals surface area contributed by atoms with Gasteiger partial charge in [-0.05, 0) is 46.6 Å². The number of halogens is 1. The Balaban J connectivity index is 2.24. The minimum atomic E-state index is -2.93. The quantitative estimate of drug-likeness (QED) is 0.171. The van der Waals surface area contributed by atoms with Gasteiger partial charge in [0.1, 0.15) is 11.9 Å². The predicted molar refractivity (Wildman–Crippen MR) is 158 cm³/mol. The number of pyridine rings is 1. The summed E-state index contributed by atoms with van der Waals surface area (Å²) in [5.74, 6) is 3.44. The largest absolute Gasteiger partial charge is 0.542 e. The van der Waals surface area contributed by atoms with Crippen molar-refractivity contribution < 1.29 is 28.5 Å². The Hall–Kier alpha value is -4.21. The van der Waals surface area contributed by atoms with Crippen molar-refractivity contribution in [2.75, 3.05) is 7.11 Å². The van der Waals surface area contributed by atoms with Crippen molar-refractivity contribution in [3.05, 3.63) is 102 Å². The molecule has 0 saturated carbocycles. The van der Waals surface area contributed by atoms with Crippen molar-refractivity contribution >= 4 is 14.0 Å². The molecule has 41 heavy (non-hydrogen) atoms. The Kier molecular flexibility index (Phi) is 9.10. The van der Waals surface area contributed by atoms with Crippen LogP contribution >= 0.6 is 8.03 Å². The molecule has 0 fully saturated rings. The van der Waals surface area contributed by atoms with E-state index in [9.17, 15) is 24.0 Å². The highest BCUT2D eigenvalue weighted by Gasteiger charge is 2.62. The SMILES string of the molecule is CO[P+](=O)C(C#Cc1c(C(C)C)nc(-c2ccccc2)c(-c2ccccc2)c1-c1ccc(F)cc1)(C(=O)O)C(C)O. The molecule has 0 aliphatic heterocycles. The van der Waals surface area contributed by atoms with Gasteiger partial charge < -0.3 is 10.2 Å². The number of aliphatic hydroxyl groups excluding tert-OH is 1. The van der Waals surface area contributed by atoms with E-state index in [1.165, 1.54) is 19.1 Å². The highest BCUT2D eigenvalue weighted by Crippen LogP contribution is 2.45. The summed E-state index contributed by atoms with van der Waals surface area (Å²) in [6.45, 7) is 5.09. The first-order valence-electron chi connectivity index (χ1n) is 13.0. The molecule has 0 saturated heterocycles. The summed E-state index contributed by atoms with van der Waals surface area (Å²) in [4.78, 5) is 17.5. The molecular formula is C33H30FNO5P+. The van der Waals surface area contributed by atoms with Crippen LogP contribution in [-0.4, -0.2) is 39.5 Å². The second-order valence-corrected chi connectivity index (χ2v) is 11.4. The van der Waals surface area contributed by atoms with Crippen LogP contribution in [-0.2, 0) is 13.9 Å². The van der Waals surface area contributed by atoms with E-state index in [-0.39, 0.29) is 5.92 Å².